The Labute approximate surface area is 189 Å². The summed E-state index contributed by atoms with van der Waals surface area (Å²) in [5.41, 5.74) is -1.46. The molecule has 0 fully saturated rings. The minimum absolute atomic E-state index is 0.188. The number of esters is 1. The summed E-state index contributed by atoms with van der Waals surface area (Å²) in [6, 6.07) is 9.65. The normalized spacial score (nSPS) is 12.3. The first kappa shape index (κ1) is 23.9. The number of carbonyl (C=O) groups excluding carboxylic acids is 2. The van der Waals surface area contributed by atoms with Crippen molar-refractivity contribution >= 4 is 39.9 Å². The van der Waals surface area contributed by atoms with Crippen LogP contribution in [0.2, 0.25) is 5.02 Å². The lowest BCUT2D eigenvalue weighted by Crippen LogP contribution is -2.26. The van der Waals surface area contributed by atoms with Crippen LogP contribution in [0.15, 0.2) is 48.5 Å². The van der Waals surface area contributed by atoms with E-state index in [9.17, 15) is 32.9 Å². The van der Waals surface area contributed by atoms with Gasteiger partial charge in [-0.25, -0.2) is 4.98 Å². The van der Waals surface area contributed by atoms with Gasteiger partial charge in [-0.05, 0) is 31.2 Å². The Morgan fingerprint density at radius 1 is 1.18 bits per heavy atom. The zero-order chi connectivity index (χ0) is 24.3. The predicted molar refractivity (Wildman–Crippen MR) is 110 cm³/mol. The standard InChI is InChI=1S/C21H14ClF3N2O6/c1-2-32-20(29)17(13-10-12(33-21(23,24)25)7-9-16(13)27(30)31)19(28)15-8-6-11-4-3-5-14(22)18(11)26-15/h3-10,17H,2H2,1H3. The smallest absolute Gasteiger partial charge is 0.465 e. The molecule has 0 aliphatic heterocycles. The maximum absolute atomic E-state index is 13.3. The van der Waals surface area contributed by atoms with Crippen LogP contribution in [-0.2, 0) is 9.53 Å². The topological polar surface area (TPSA) is 109 Å². The molecule has 33 heavy (non-hydrogen) atoms. The van der Waals surface area contributed by atoms with Crippen molar-refractivity contribution in [1.82, 2.24) is 4.98 Å². The Kier molecular flexibility index (Phi) is 6.82. The number of nitrogens with zero attached hydrogens (tertiary/aromatic N) is 2. The zero-order valence-electron chi connectivity index (χ0n) is 16.8. The highest BCUT2D eigenvalue weighted by molar-refractivity contribution is 6.35. The van der Waals surface area contributed by atoms with Gasteiger partial charge in [-0.3, -0.25) is 19.7 Å². The van der Waals surface area contributed by atoms with Crippen molar-refractivity contribution in [1.29, 1.82) is 0 Å². The lowest BCUT2D eigenvalue weighted by molar-refractivity contribution is -0.385. The third-order valence-corrected chi connectivity index (χ3v) is 4.75. The first-order valence-electron chi connectivity index (χ1n) is 9.32. The lowest BCUT2D eigenvalue weighted by Gasteiger charge is -2.17. The third-order valence-electron chi connectivity index (χ3n) is 4.45. The number of hydrogen-bond acceptors (Lipinski definition) is 7. The Morgan fingerprint density at radius 3 is 2.55 bits per heavy atom. The van der Waals surface area contributed by atoms with Crippen LogP contribution in [0.4, 0.5) is 18.9 Å². The van der Waals surface area contributed by atoms with Crippen molar-refractivity contribution in [3.8, 4) is 5.75 Å². The van der Waals surface area contributed by atoms with Crippen LogP contribution in [0, 0.1) is 10.1 Å². The van der Waals surface area contributed by atoms with E-state index in [-0.39, 0.29) is 22.8 Å². The highest BCUT2D eigenvalue weighted by Gasteiger charge is 2.38. The third kappa shape index (κ3) is 5.37. The Hall–Kier alpha value is -3.73. The minimum atomic E-state index is -5.10. The van der Waals surface area contributed by atoms with Gasteiger partial charge in [0.2, 0.25) is 0 Å². The maximum Gasteiger partial charge on any atom is 0.573 e. The molecule has 0 radical (unpaired) electrons. The van der Waals surface area contributed by atoms with Crippen molar-refractivity contribution in [2.75, 3.05) is 6.61 Å². The van der Waals surface area contributed by atoms with Gasteiger partial charge < -0.3 is 9.47 Å². The van der Waals surface area contributed by atoms with Crippen LogP contribution >= 0.6 is 11.6 Å². The number of ether oxygens (including phenoxy) is 2. The van der Waals surface area contributed by atoms with Crippen LogP contribution in [-0.4, -0.2) is 34.6 Å². The van der Waals surface area contributed by atoms with Gasteiger partial charge in [-0.15, -0.1) is 13.2 Å². The fourth-order valence-corrected chi connectivity index (χ4v) is 3.35. The summed E-state index contributed by atoms with van der Waals surface area (Å²) >= 11 is 6.11. The molecule has 1 heterocycles. The average Bonchev–Trinajstić information content (AvgIpc) is 2.73. The van der Waals surface area contributed by atoms with Crippen molar-refractivity contribution < 1.29 is 37.2 Å². The number of para-hydroxylation sites is 1. The SMILES string of the molecule is CCOC(=O)C(C(=O)c1ccc2cccc(Cl)c2n1)c1cc(OC(F)(F)F)ccc1[N+](=O)[O-]. The number of ketones is 1. The number of fused-ring (bicyclic) bond motifs is 1. The first-order chi connectivity index (χ1) is 15.5. The largest absolute Gasteiger partial charge is 0.573 e. The van der Waals surface area contributed by atoms with E-state index >= 15 is 0 Å². The molecule has 3 aromatic rings. The van der Waals surface area contributed by atoms with Crippen LogP contribution in [0.25, 0.3) is 10.9 Å². The van der Waals surface area contributed by atoms with E-state index in [1.165, 1.54) is 25.1 Å². The Bertz CT molecular complexity index is 1250. The molecule has 0 amide bonds. The number of hydrogen-bond donors (Lipinski definition) is 0. The quantitative estimate of drug-likeness (QED) is 0.149. The van der Waals surface area contributed by atoms with Crippen LogP contribution in [0.1, 0.15) is 28.9 Å². The van der Waals surface area contributed by atoms with Gasteiger partial charge in [0.15, 0.2) is 11.7 Å². The van der Waals surface area contributed by atoms with E-state index in [0.29, 0.717) is 23.6 Å². The molecule has 8 nitrogen and oxygen atoms in total. The number of Topliss-reactive ketones (excluding diaryl/α,β-unsaturated/α-hetero) is 1. The lowest BCUT2D eigenvalue weighted by atomic mass is 9.91. The number of benzene rings is 2. The minimum Gasteiger partial charge on any atom is -0.465 e. The van der Waals surface area contributed by atoms with E-state index in [4.69, 9.17) is 16.3 Å². The monoisotopic (exact) mass is 482 g/mol. The number of nitro groups is 1. The molecule has 172 valence electrons. The van der Waals surface area contributed by atoms with Crippen LogP contribution < -0.4 is 4.74 Å². The fourth-order valence-electron chi connectivity index (χ4n) is 3.12. The highest BCUT2D eigenvalue weighted by Crippen LogP contribution is 2.35. The predicted octanol–water partition coefficient (Wildman–Crippen LogP) is 5.22. The van der Waals surface area contributed by atoms with Crippen LogP contribution in [0.3, 0.4) is 0 Å². The molecule has 0 saturated heterocycles. The number of halogens is 4. The van der Waals surface area contributed by atoms with Crippen molar-refractivity contribution in [2.24, 2.45) is 0 Å². The summed E-state index contributed by atoms with van der Waals surface area (Å²) in [6.45, 7) is 1.25. The number of carbonyl (C=O) groups is 2. The summed E-state index contributed by atoms with van der Waals surface area (Å²) < 4.78 is 46.8. The summed E-state index contributed by atoms with van der Waals surface area (Å²) in [5.74, 6) is -5.05. The molecular weight excluding hydrogens is 469 g/mol. The average molecular weight is 483 g/mol. The van der Waals surface area contributed by atoms with E-state index in [0.717, 1.165) is 0 Å². The zero-order valence-corrected chi connectivity index (χ0v) is 17.5. The number of aromatic nitrogens is 1. The van der Waals surface area contributed by atoms with Gasteiger partial charge in [0.25, 0.3) is 5.69 Å². The number of rotatable bonds is 7. The highest BCUT2D eigenvalue weighted by atomic mass is 35.5. The van der Waals surface area contributed by atoms with E-state index in [1.807, 2.05) is 0 Å². The summed E-state index contributed by atoms with van der Waals surface area (Å²) in [5, 5.41) is 12.3. The summed E-state index contributed by atoms with van der Waals surface area (Å²) in [6.07, 6.45) is -5.10. The summed E-state index contributed by atoms with van der Waals surface area (Å²) in [4.78, 5) is 40.7. The van der Waals surface area contributed by atoms with Gasteiger partial charge in [0.05, 0.1) is 27.6 Å². The molecule has 1 atom stereocenters. The van der Waals surface area contributed by atoms with Gasteiger partial charge in [0, 0.05) is 11.5 Å². The molecule has 0 N–H and O–H groups in total. The second-order valence-electron chi connectivity index (χ2n) is 6.58. The molecule has 3 rings (SSSR count). The number of nitro benzene ring substituents is 1. The summed E-state index contributed by atoms with van der Waals surface area (Å²) in [7, 11) is 0. The van der Waals surface area contributed by atoms with Gasteiger partial charge in [-0.1, -0.05) is 29.8 Å². The van der Waals surface area contributed by atoms with E-state index < -0.39 is 46.0 Å². The van der Waals surface area contributed by atoms with Gasteiger partial charge in [0.1, 0.15) is 11.4 Å². The molecule has 2 aromatic carbocycles. The fraction of sp³-hybridized carbons (Fsp3) is 0.190. The molecule has 0 bridgehead atoms. The van der Waals surface area contributed by atoms with E-state index in [1.54, 1.807) is 12.1 Å². The number of alkyl halides is 3. The van der Waals surface area contributed by atoms with Gasteiger partial charge in [-0.2, -0.15) is 0 Å². The van der Waals surface area contributed by atoms with Crippen LogP contribution in [0.5, 0.6) is 5.75 Å². The van der Waals surface area contributed by atoms with Crippen molar-refractivity contribution in [2.45, 2.75) is 19.2 Å². The Balaban J connectivity index is 2.18. The molecule has 12 heteroatoms. The van der Waals surface area contributed by atoms with Crippen molar-refractivity contribution in [3.63, 3.8) is 0 Å². The molecular formula is C21H14ClF3N2O6. The van der Waals surface area contributed by atoms with Gasteiger partial charge >= 0.3 is 12.3 Å². The second-order valence-corrected chi connectivity index (χ2v) is 6.99. The Morgan fingerprint density at radius 2 is 1.91 bits per heavy atom. The molecule has 0 saturated carbocycles. The van der Waals surface area contributed by atoms with Crippen molar-refractivity contribution in [3.05, 3.63) is 74.9 Å². The molecule has 1 aromatic heterocycles. The number of pyridine rings is 1. The van der Waals surface area contributed by atoms with E-state index in [2.05, 4.69) is 9.72 Å². The molecule has 0 spiro atoms. The maximum atomic E-state index is 13.3. The molecule has 0 aliphatic carbocycles. The molecule has 1 unspecified atom stereocenters. The molecule has 0 aliphatic rings. The second kappa shape index (κ2) is 9.41. The first-order valence-corrected chi connectivity index (χ1v) is 9.70.